The van der Waals surface area contributed by atoms with E-state index < -0.39 is 5.60 Å². The van der Waals surface area contributed by atoms with Crippen molar-refractivity contribution < 1.29 is 28.8 Å². The van der Waals surface area contributed by atoms with Crippen LogP contribution in [0.25, 0.3) is 0 Å². The van der Waals surface area contributed by atoms with E-state index in [4.69, 9.17) is 18.9 Å². The quantitative estimate of drug-likeness (QED) is 0.585. The Kier molecular flexibility index (Phi) is 7.72. The lowest BCUT2D eigenvalue weighted by Crippen LogP contribution is -2.56. The molecule has 8 nitrogen and oxygen atoms in total. The molecule has 3 unspecified atom stereocenters. The van der Waals surface area contributed by atoms with Gasteiger partial charge in [-0.05, 0) is 61.2 Å². The molecular formula is C27H36N2O6. The van der Waals surface area contributed by atoms with E-state index in [-0.39, 0.29) is 24.4 Å². The molecule has 35 heavy (non-hydrogen) atoms. The van der Waals surface area contributed by atoms with Crippen molar-refractivity contribution in [2.45, 2.75) is 43.7 Å². The van der Waals surface area contributed by atoms with Gasteiger partial charge in [-0.3, -0.25) is 9.69 Å². The van der Waals surface area contributed by atoms with Crippen LogP contribution >= 0.6 is 0 Å². The summed E-state index contributed by atoms with van der Waals surface area (Å²) in [6, 6.07) is 11.0. The van der Waals surface area contributed by atoms with E-state index in [0.29, 0.717) is 35.9 Å². The summed E-state index contributed by atoms with van der Waals surface area (Å²) < 4.78 is 21.9. The lowest BCUT2D eigenvalue weighted by molar-refractivity contribution is -0.135. The van der Waals surface area contributed by atoms with Crippen LogP contribution in [0.1, 0.15) is 43.7 Å². The fourth-order valence-corrected chi connectivity index (χ4v) is 5.69. The summed E-state index contributed by atoms with van der Waals surface area (Å²) >= 11 is 0. The van der Waals surface area contributed by atoms with Crippen LogP contribution in [-0.2, 0) is 4.79 Å². The van der Waals surface area contributed by atoms with Gasteiger partial charge in [0.05, 0.1) is 40.6 Å². The van der Waals surface area contributed by atoms with Gasteiger partial charge in [-0.25, -0.2) is 0 Å². The van der Waals surface area contributed by atoms with Gasteiger partial charge in [0.25, 0.3) is 0 Å². The summed E-state index contributed by atoms with van der Waals surface area (Å²) in [5, 5.41) is 14.6. The Balaban J connectivity index is 1.65. The molecule has 1 aliphatic heterocycles. The van der Waals surface area contributed by atoms with Crippen LogP contribution in [-0.4, -0.2) is 63.0 Å². The Hall–Kier alpha value is -2.97. The maximum atomic E-state index is 13.1. The molecule has 0 spiro atoms. The molecule has 1 saturated carbocycles. The number of aliphatic hydroxyl groups is 1. The Morgan fingerprint density at radius 2 is 1.69 bits per heavy atom. The third kappa shape index (κ3) is 5.18. The molecule has 0 radical (unpaired) electrons. The van der Waals surface area contributed by atoms with Gasteiger partial charge in [0.2, 0.25) is 11.7 Å². The van der Waals surface area contributed by atoms with Crippen molar-refractivity contribution in [1.29, 1.82) is 0 Å². The number of hydrogen-bond donors (Lipinski definition) is 2. The van der Waals surface area contributed by atoms with Crippen LogP contribution in [0.2, 0.25) is 0 Å². The van der Waals surface area contributed by atoms with Crippen LogP contribution in [0.4, 0.5) is 5.69 Å². The van der Waals surface area contributed by atoms with Crippen LogP contribution in [0.3, 0.4) is 0 Å². The van der Waals surface area contributed by atoms with Crippen molar-refractivity contribution in [3.8, 4) is 23.0 Å². The first-order valence-corrected chi connectivity index (χ1v) is 12.1. The van der Waals surface area contributed by atoms with Crippen LogP contribution in [0, 0.1) is 5.92 Å². The highest BCUT2D eigenvalue weighted by Crippen LogP contribution is 2.51. The number of nitrogens with zero attached hydrogens (tertiary/aromatic N) is 1. The van der Waals surface area contributed by atoms with Crippen molar-refractivity contribution in [3.05, 3.63) is 42.0 Å². The van der Waals surface area contributed by atoms with Gasteiger partial charge < -0.3 is 29.4 Å². The lowest BCUT2D eigenvalue weighted by Gasteiger charge is -2.52. The molecule has 1 amide bonds. The van der Waals surface area contributed by atoms with Gasteiger partial charge in [-0.1, -0.05) is 12.8 Å². The van der Waals surface area contributed by atoms with E-state index in [1.54, 1.807) is 28.4 Å². The highest BCUT2D eigenvalue weighted by atomic mass is 16.5. The fraction of sp³-hybridized carbons (Fsp3) is 0.519. The average Bonchev–Trinajstić information content (AvgIpc) is 2.88. The van der Waals surface area contributed by atoms with E-state index >= 15 is 0 Å². The van der Waals surface area contributed by atoms with E-state index in [2.05, 4.69) is 10.2 Å². The minimum Gasteiger partial charge on any atom is -0.497 e. The Bertz CT molecular complexity index is 1000. The average molecular weight is 485 g/mol. The number of ether oxygens (including phenoxy) is 4. The number of anilines is 1. The van der Waals surface area contributed by atoms with Crippen molar-refractivity contribution in [2.75, 3.05) is 46.8 Å². The number of rotatable bonds is 8. The highest BCUT2D eigenvalue weighted by Gasteiger charge is 2.49. The highest BCUT2D eigenvalue weighted by molar-refractivity contribution is 5.92. The number of amides is 1. The maximum absolute atomic E-state index is 13.1. The molecule has 2 aliphatic rings. The molecule has 2 fully saturated rings. The standard InChI is InChI=1S/C27H36N2O6/c1-32-20-10-8-19(9-11-20)28-24(30)17-29-14-13-27(31)12-6-5-7-21(27)25(29)18-15-22(33-2)26(35-4)23(16-18)34-3/h8-11,15-16,21,25,31H,5-7,12-14,17H2,1-4H3,(H,28,30). The first kappa shape index (κ1) is 25.1. The number of methoxy groups -OCH3 is 4. The SMILES string of the molecule is COc1ccc(NC(=O)CN2CCC3(O)CCCCC3C2c2cc(OC)c(OC)c(OC)c2)cc1. The molecular weight excluding hydrogens is 448 g/mol. The second-order valence-corrected chi connectivity index (χ2v) is 9.36. The van der Waals surface area contributed by atoms with Gasteiger partial charge >= 0.3 is 0 Å². The van der Waals surface area contributed by atoms with Gasteiger partial charge in [0, 0.05) is 24.2 Å². The molecule has 1 saturated heterocycles. The zero-order valence-electron chi connectivity index (χ0n) is 21.0. The van der Waals surface area contributed by atoms with Crippen molar-refractivity contribution in [2.24, 2.45) is 5.92 Å². The number of nitrogens with one attached hydrogen (secondary N) is 1. The van der Waals surface area contributed by atoms with Crippen molar-refractivity contribution in [3.63, 3.8) is 0 Å². The Morgan fingerprint density at radius 3 is 2.29 bits per heavy atom. The Labute approximate surface area is 207 Å². The topological polar surface area (TPSA) is 89.5 Å². The minimum absolute atomic E-state index is 0.00148. The summed E-state index contributed by atoms with van der Waals surface area (Å²) in [7, 11) is 6.38. The third-order valence-corrected chi connectivity index (χ3v) is 7.42. The first-order valence-electron chi connectivity index (χ1n) is 12.1. The molecule has 8 heteroatoms. The van der Waals surface area contributed by atoms with Crippen molar-refractivity contribution >= 4 is 11.6 Å². The fourth-order valence-electron chi connectivity index (χ4n) is 5.69. The number of hydrogen-bond acceptors (Lipinski definition) is 7. The summed E-state index contributed by atoms with van der Waals surface area (Å²) in [5.41, 5.74) is 0.916. The predicted molar refractivity (Wildman–Crippen MR) is 134 cm³/mol. The van der Waals surface area contributed by atoms with Crippen LogP contribution < -0.4 is 24.3 Å². The molecule has 1 heterocycles. The smallest absolute Gasteiger partial charge is 0.238 e. The summed E-state index contributed by atoms with van der Waals surface area (Å²) in [6.45, 7) is 0.824. The molecule has 1 aliphatic carbocycles. The minimum atomic E-state index is -0.744. The number of benzene rings is 2. The van der Waals surface area contributed by atoms with Crippen LogP contribution in [0.5, 0.6) is 23.0 Å². The molecule has 3 atom stereocenters. The second-order valence-electron chi connectivity index (χ2n) is 9.36. The van der Waals surface area contributed by atoms with Crippen LogP contribution in [0.15, 0.2) is 36.4 Å². The first-order chi connectivity index (χ1) is 16.9. The zero-order chi connectivity index (χ0) is 25.0. The molecule has 0 bridgehead atoms. The van der Waals surface area contributed by atoms with Crippen molar-refractivity contribution in [1.82, 2.24) is 4.90 Å². The molecule has 2 aromatic carbocycles. The summed E-state index contributed by atoms with van der Waals surface area (Å²) in [5.74, 6) is 2.29. The maximum Gasteiger partial charge on any atom is 0.238 e. The largest absolute Gasteiger partial charge is 0.497 e. The zero-order valence-corrected chi connectivity index (χ0v) is 21.0. The normalized spacial score (nSPS) is 24.3. The van der Waals surface area contributed by atoms with E-state index in [1.807, 2.05) is 36.4 Å². The third-order valence-electron chi connectivity index (χ3n) is 7.42. The molecule has 2 N–H and O–H groups in total. The summed E-state index contributed by atoms with van der Waals surface area (Å²) in [4.78, 5) is 15.3. The van der Waals surface area contributed by atoms with Gasteiger partial charge in [0.15, 0.2) is 11.5 Å². The number of likely N-dealkylation sites (tertiary alicyclic amines) is 1. The van der Waals surface area contributed by atoms with E-state index in [9.17, 15) is 9.90 Å². The van der Waals surface area contributed by atoms with E-state index in [1.165, 1.54) is 0 Å². The Morgan fingerprint density at radius 1 is 1.00 bits per heavy atom. The number of piperidine rings is 1. The number of carbonyl (C=O) groups is 1. The monoisotopic (exact) mass is 484 g/mol. The molecule has 0 aromatic heterocycles. The predicted octanol–water partition coefficient (Wildman–Crippen LogP) is 4.03. The molecule has 4 rings (SSSR count). The van der Waals surface area contributed by atoms with Gasteiger partial charge in [-0.15, -0.1) is 0 Å². The number of carbonyl (C=O) groups excluding carboxylic acids is 1. The summed E-state index contributed by atoms with van der Waals surface area (Å²) in [6.07, 6.45) is 4.40. The second kappa shape index (κ2) is 10.7. The van der Waals surface area contributed by atoms with Gasteiger partial charge in [0.1, 0.15) is 5.75 Å². The van der Waals surface area contributed by atoms with E-state index in [0.717, 1.165) is 37.0 Å². The lowest BCUT2D eigenvalue weighted by atomic mass is 9.66. The molecule has 190 valence electrons. The van der Waals surface area contributed by atoms with Gasteiger partial charge in [-0.2, -0.15) is 0 Å². The number of fused-ring (bicyclic) bond motifs is 1. The molecule has 2 aromatic rings.